The molecule has 0 aliphatic heterocycles. The van der Waals surface area contributed by atoms with E-state index in [0.717, 1.165) is 29.0 Å². The molecular weight excluding hydrogens is 326 g/mol. The van der Waals surface area contributed by atoms with Gasteiger partial charge in [-0.15, -0.1) is 0 Å². The quantitative estimate of drug-likeness (QED) is 0.713. The number of ether oxygens (including phenoxy) is 1. The standard InChI is InChI=1S/C21H23N3O2/c1-16-7-8-20(26-2)19(11-16)12-21(25)23-13-17-5-3-4-6-18(17)14-24-10-9-22-15-24/h3-11,15H,12-14H2,1-2H3,(H,23,25). The van der Waals surface area contributed by atoms with Gasteiger partial charge in [-0.2, -0.15) is 0 Å². The van der Waals surface area contributed by atoms with Crippen LogP contribution in [0.15, 0.2) is 61.2 Å². The van der Waals surface area contributed by atoms with E-state index in [1.165, 1.54) is 5.56 Å². The van der Waals surface area contributed by atoms with Gasteiger partial charge in [0, 0.05) is 31.0 Å². The Morgan fingerprint density at radius 3 is 2.69 bits per heavy atom. The summed E-state index contributed by atoms with van der Waals surface area (Å²) in [5.41, 5.74) is 4.28. The number of hydrogen-bond acceptors (Lipinski definition) is 3. The van der Waals surface area contributed by atoms with Gasteiger partial charge >= 0.3 is 0 Å². The molecule has 3 aromatic rings. The van der Waals surface area contributed by atoms with Gasteiger partial charge < -0.3 is 14.6 Å². The second-order valence-corrected chi connectivity index (χ2v) is 6.27. The van der Waals surface area contributed by atoms with Crippen LogP contribution in [0.2, 0.25) is 0 Å². The molecule has 134 valence electrons. The molecule has 0 atom stereocenters. The molecule has 2 aromatic carbocycles. The summed E-state index contributed by atoms with van der Waals surface area (Å²) in [5.74, 6) is 0.720. The lowest BCUT2D eigenvalue weighted by Gasteiger charge is -2.13. The molecule has 3 rings (SSSR count). The van der Waals surface area contributed by atoms with Crippen LogP contribution >= 0.6 is 0 Å². The van der Waals surface area contributed by atoms with Crippen molar-refractivity contribution in [3.63, 3.8) is 0 Å². The zero-order chi connectivity index (χ0) is 18.4. The predicted octanol–water partition coefficient (Wildman–Crippen LogP) is 3.11. The van der Waals surface area contributed by atoms with Crippen molar-refractivity contribution < 1.29 is 9.53 Å². The topological polar surface area (TPSA) is 56.1 Å². The van der Waals surface area contributed by atoms with Crippen LogP contribution in [0.3, 0.4) is 0 Å². The molecule has 1 aromatic heterocycles. The van der Waals surface area contributed by atoms with Crippen molar-refractivity contribution in [2.24, 2.45) is 0 Å². The highest BCUT2D eigenvalue weighted by Gasteiger charge is 2.10. The van der Waals surface area contributed by atoms with Gasteiger partial charge in [-0.05, 0) is 24.1 Å². The Morgan fingerprint density at radius 1 is 1.15 bits per heavy atom. The summed E-state index contributed by atoms with van der Waals surface area (Å²) in [7, 11) is 1.62. The SMILES string of the molecule is COc1ccc(C)cc1CC(=O)NCc1ccccc1Cn1ccnc1. The molecule has 0 aliphatic carbocycles. The molecule has 1 amide bonds. The maximum absolute atomic E-state index is 12.4. The average molecular weight is 349 g/mol. The Hall–Kier alpha value is -3.08. The van der Waals surface area contributed by atoms with E-state index in [1.54, 1.807) is 19.6 Å². The summed E-state index contributed by atoms with van der Waals surface area (Å²) in [5, 5.41) is 3.02. The zero-order valence-corrected chi connectivity index (χ0v) is 15.1. The van der Waals surface area contributed by atoms with Crippen LogP contribution in [0.5, 0.6) is 5.75 Å². The minimum atomic E-state index is -0.0219. The second-order valence-electron chi connectivity index (χ2n) is 6.27. The number of carbonyl (C=O) groups is 1. The molecule has 0 bridgehead atoms. The minimum Gasteiger partial charge on any atom is -0.496 e. The van der Waals surface area contributed by atoms with Crippen LogP contribution in [0, 0.1) is 6.92 Å². The third-order valence-corrected chi connectivity index (χ3v) is 4.29. The van der Waals surface area contributed by atoms with Gasteiger partial charge in [0.05, 0.1) is 19.9 Å². The van der Waals surface area contributed by atoms with Crippen LogP contribution in [0.1, 0.15) is 22.3 Å². The van der Waals surface area contributed by atoms with Crippen molar-refractivity contribution in [1.82, 2.24) is 14.9 Å². The van der Waals surface area contributed by atoms with Gasteiger partial charge in [-0.1, -0.05) is 42.0 Å². The number of benzene rings is 2. The first-order valence-corrected chi connectivity index (χ1v) is 8.58. The summed E-state index contributed by atoms with van der Waals surface area (Å²) in [4.78, 5) is 16.5. The molecule has 1 heterocycles. The van der Waals surface area contributed by atoms with Crippen molar-refractivity contribution in [3.05, 3.63) is 83.4 Å². The Kier molecular flexibility index (Phi) is 5.69. The van der Waals surface area contributed by atoms with E-state index < -0.39 is 0 Å². The lowest BCUT2D eigenvalue weighted by Crippen LogP contribution is -2.25. The lowest BCUT2D eigenvalue weighted by atomic mass is 10.1. The fraction of sp³-hybridized carbons (Fsp3) is 0.238. The summed E-state index contributed by atoms with van der Waals surface area (Å²) in [6.45, 7) is 3.24. The molecule has 5 heteroatoms. The van der Waals surface area contributed by atoms with Gasteiger partial charge in [-0.25, -0.2) is 4.98 Å². The van der Waals surface area contributed by atoms with Gasteiger partial charge in [0.2, 0.25) is 5.91 Å². The first-order chi connectivity index (χ1) is 12.7. The van der Waals surface area contributed by atoms with Crippen LogP contribution in [0.4, 0.5) is 0 Å². The van der Waals surface area contributed by atoms with Gasteiger partial charge in [0.25, 0.3) is 0 Å². The van der Waals surface area contributed by atoms with Crippen molar-refractivity contribution >= 4 is 5.91 Å². The number of methoxy groups -OCH3 is 1. The van der Waals surface area contributed by atoms with Crippen LogP contribution < -0.4 is 10.1 Å². The Balaban J connectivity index is 1.64. The van der Waals surface area contributed by atoms with Gasteiger partial charge in [0.15, 0.2) is 0 Å². The van der Waals surface area contributed by atoms with E-state index in [1.807, 2.05) is 54.1 Å². The largest absolute Gasteiger partial charge is 0.496 e. The van der Waals surface area contributed by atoms with Crippen molar-refractivity contribution in [2.45, 2.75) is 26.4 Å². The van der Waals surface area contributed by atoms with Gasteiger partial charge in [-0.3, -0.25) is 4.79 Å². The molecule has 1 N–H and O–H groups in total. The number of nitrogens with zero attached hydrogens (tertiary/aromatic N) is 2. The molecule has 0 unspecified atom stereocenters. The molecule has 0 radical (unpaired) electrons. The third kappa shape index (κ3) is 4.51. The molecule has 0 aliphatic rings. The van der Waals surface area contributed by atoms with E-state index in [4.69, 9.17) is 4.74 Å². The van der Waals surface area contributed by atoms with Crippen LogP contribution in [-0.4, -0.2) is 22.6 Å². The van der Waals surface area contributed by atoms with E-state index >= 15 is 0 Å². The van der Waals surface area contributed by atoms with E-state index in [-0.39, 0.29) is 5.91 Å². The molecule has 0 saturated carbocycles. The Labute approximate surface area is 153 Å². The third-order valence-electron chi connectivity index (χ3n) is 4.29. The number of aromatic nitrogens is 2. The van der Waals surface area contributed by atoms with E-state index in [0.29, 0.717) is 13.0 Å². The number of amides is 1. The van der Waals surface area contributed by atoms with E-state index in [2.05, 4.69) is 16.4 Å². The maximum Gasteiger partial charge on any atom is 0.224 e. The first-order valence-electron chi connectivity index (χ1n) is 8.58. The lowest BCUT2D eigenvalue weighted by molar-refractivity contribution is -0.120. The predicted molar refractivity (Wildman–Crippen MR) is 101 cm³/mol. The summed E-state index contributed by atoms with van der Waals surface area (Å²) in [6.07, 6.45) is 5.78. The summed E-state index contributed by atoms with van der Waals surface area (Å²) >= 11 is 0. The fourth-order valence-electron chi connectivity index (χ4n) is 2.94. The highest BCUT2D eigenvalue weighted by Crippen LogP contribution is 2.20. The molecular formula is C21H23N3O2. The smallest absolute Gasteiger partial charge is 0.224 e. The zero-order valence-electron chi connectivity index (χ0n) is 15.1. The Morgan fingerprint density at radius 2 is 1.96 bits per heavy atom. The van der Waals surface area contributed by atoms with Crippen LogP contribution in [-0.2, 0) is 24.3 Å². The number of aryl methyl sites for hydroxylation is 1. The summed E-state index contributed by atoms with van der Waals surface area (Å²) in [6, 6.07) is 14.0. The van der Waals surface area contributed by atoms with Gasteiger partial charge in [0.1, 0.15) is 5.75 Å². The number of imidazole rings is 1. The van der Waals surface area contributed by atoms with E-state index in [9.17, 15) is 4.79 Å². The fourth-order valence-corrected chi connectivity index (χ4v) is 2.94. The number of carbonyl (C=O) groups excluding carboxylic acids is 1. The summed E-state index contributed by atoms with van der Waals surface area (Å²) < 4.78 is 7.37. The first kappa shape index (κ1) is 17.7. The molecule has 0 saturated heterocycles. The number of rotatable bonds is 7. The minimum absolute atomic E-state index is 0.0219. The number of hydrogen-bond donors (Lipinski definition) is 1. The van der Waals surface area contributed by atoms with Crippen molar-refractivity contribution in [3.8, 4) is 5.75 Å². The van der Waals surface area contributed by atoms with Crippen molar-refractivity contribution in [1.29, 1.82) is 0 Å². The highest BCUT2D eigenvalue weighted by atomic mass is 16.5. The second kappa shape index (κ2) is 8.34. The average Bonchev–Trinajstić information content (AvgIpc) is 3.14. The molecule has 5 nitrogen and oxygen atoms in total. The molecule has 26 heavy (non-hydrogen) atoms. The normalized spacial score (nSPS) is 10.5. The maximum atomic E-state index is 12.4. The van der Waals surface area contributed by atoms with Crippen LogP contribution in [0.25, 0.3) is 0 Å². The Bertz CT molecular complexity index is 873. The van der Waals surface area contributed by atoms with Crippen molar-refractivity contribution in [2.75, 3.05) is 7.11 Å². The monoisotopic (exact) mass is 349 g/mol. The number of nitrogens with one attached hydrogen (secondary N) is 1. The molecule has 0 spiro atoms. The molecule has 0 fully saturated rings. The highest BCUT2D eigenvalue weighted by molar-refractivity contribution is 5.79.